The van der Waals surface area contributed by atoms with Gasteiger partial charge in [-0.25, -0.2) is 0 Å². The minimum Gasteiger partial charge on any atom is -0.493 e. The molecule has 0 aromatic heterocycles. The molecule has 0 saturated heterocycles. The number of hydrogen-bond acceptors (Lipinski definition) is 4. The van der Waals surface area contributed by atoms with E-state index < -0.39 is 0 Å². The molecule has 2 N–H and O–H groups in total. The van der Waals surface area contributed by atoms with Gasteiger partial charge in [0.05, 0.1) is 14.2 Å². The zero-order valence-corrected chi connectivity index (χ0v) is 12.1. The molecular weight excluding hydrogens is 240 g/mol. The third-order valence-electron chi connectivity index (χ3n) is 3.83. The lowest BCUT2D eigenvalue weighted by Crippen LogP contribution is -2.32. The first-order chi connectivity index (χ1) is 9.19. The molecule has 4 nitrogen and oxygen atoms in total. The molecule has 2 rings (SSSR count). The Labute approximate surface area is 115 Å². The normalized spacial score (nSPS) is 17.0. The second kappa shape index (κ2) is 6.26. The number of ether oxygens (including phenoxy) is 2. The highest BCUT2D eigenvalue weighted by molar-refractivity contribution is 5.53. The highest BCUT2D eigenvalue weighted by Crippen LogP contribution is 2.42. The first-order valence-electron chi connectivity index (χ1n) is 6.83. The average molecular weight is 264 g/mol. The van der Waals surface area contributed by atoms with Gasteiger partial charge in [-0.05, 0) is 56.2 Å². The largest absolute Gasteiger partial charge is 0.493 e. The van der Waals surface area contributed by atoms with E-state index in [1.807, 2.05) is 0 Å². The summed E-state index contributed by atoms with van der Waals surface area (Å²) in [6, 6.07) is 4.23. The molecular formula is C15H24N2O2. The molecule has 1 unspecified atom stereocenters. The van der Waals surface area contributed by atoms with Gasteiger partial charge in [0.25, 0.3) is 0 Å². The Balaban J connectivity index is 2.02. The van der Waals surface area contributed by atoms with E-state index in [4.69, 9.17) is 15.2 Å². The monoisotopic (exact) mass is 264 g/mol. The summed E-state index contributed by atoms with van der Waals surface area (Å²) in [4.78, 5) is 2.36. The van der Waals surface area contributed by atoms with E-state index in [9.17, 15) is 0 Å². The van der Waals surface area contributed by atoms with Gasteiger partial charge in [-0.2, -0.15) is 0 Å². The Morgan fingerprint density at radius 1 is 1.26 bits per heavy atom. The molecule has 0 bridgehead atoms. The molecule has 0 aliphatic heterocycles. The second-order valence-corrected chi connectivity index (χ2v) is 5.21. The van der Waals surface area contributed by atoms with Crippen LogP contribution in [0.25, 0.3) is 0 Å². The lowest BCUT2D eigenvalue weighted by Gasteiger charge is -2.34. The lowest BCUT2D eigenvalue weighted by molar-refractivity contribution is 0.294. The number of nitrogens with zero attached hydrogens (tertiary/aromatic N) is 1. The first kappa shape index (κ1) is 14.2. The van der Waals surface area contributed by atoms with Crippen molar-refractivity contribution in [2.24, 2.45) is 5.73 Å². The van der Waals surface area contributed by atoms with Crippen molar-refractivity contribution in [3.8, 4) is 11.5 Å². The predicted octanol–water partition coefficient (Wildman–Crippen LogP) is 1.62. The fourth-order valence-corrected chi connectivity index (χ4v) is 2.73. The van der Waals surface area contributed by atoms with Crippen LogP contribution in [0.2, 0.25) is 0 Å². The van der Waals surface area contributed by atoms with Gasteiger partial charge < -0.3 is 20.1 Å². The van der Waals surface area contributed by atoms with Crippen LogP contribution < -0.4 is 15.2 Å². The van der Waals surface area contributed by atoms with Crippen LogP contribution in [0.15, 0.2) is 12.1 Å². The predicted molar refractivity (Wildman–Crippen MR) is 77.2 cm³/mol. The van der Waals surface area contributed by atoms with Gasteiger partial charge in [-0.1, -0.05) is 0 Å². The van der Waals surface area contributed by atoms with Crippen molar-refractivity contribution in [2.45, 2.75) is 18.8 Å². The van der Waals surface area contributed by atoms with Crippen LogP contribution in [0, 0.1) is 0 Å². The van der Waals surface area contributed by atoms with Crippen molar-refractivity contribution in [1.82, 2.24) is 4.90 Å². The van der Waals surface area contributed by atoms with Gasteiger partial charge in [0, 0.05) is 12.5 Å². The number of rotatable bonds is 7. The van der Waals surface area contributed by atoms with Crippen LogP contribution in [0.4, 0.5) is 0 Å². The fraction of sp³-hybridized carbons (Fsp3) is 0.600. The lowest BCUT2D eigenvalue weighted by atomic mass is 9.77. The Kier molecular flexibility index (Phi) is 4.66. The van der Waals surface area contributed by atoms with Gasteiger partial charge in [0.2, 0.25) is 0 Å². The summed E-state index contributed by atoms with van der Waals surface area (Å²) in [6.07, 6.45) is 2.19. The second-order valence-electron chi connectivity index (χ2n) is 5.21. The van der Waals surface area contributed by atoms with Gasteiger partial charge in [0.1, 0.15) is 0 Å². The molecule has 1 aliphatic carbocycles. The quantitative estimate of drug-likeness (QED) is 0.813. The maximum absolute atomic E-state index is 5.54. The Hall–Kier alpha value is -1.26. The summed E-state index contributed by atoms with van der Waals surface area (Å²) in [7, 11) is 5.53. The van der Waals surface area contributed by atoms with E-state index in [1.165, 1.54) is 11.1 Å². The van der Waals surface area contributed by atoms with Gasteiger partial charge in [0.15, 0.2) is 11.5 Å². The molecule has 1 aromatic carbocycles. The van der Waals surface area contributed by atoms with Crippen molar-refractivity contribution in [3.05, 3.63) is 23.3 Å². The molecule has 1 aliphatic rings. The molecule has 0 amide bonds. The van der Waals surface area contributed by atoms with Crippen LogP contribution in [-0.4, -0.2) is 45.8 Å². The standard InChI is InChI=1S/C15H24N2O2/c1-17(6-4-5-16)10-12-7-11-8-14(18-2)15(19-3)9-13(11)12/h8-9,12H,4-7,10,16H2,1-3H3. The highest BCUT2D eigenvalue weighted by Gasteiger charge is 2.29. The van der Waals surface area contributed by atoms with E-state index in [0.29, 0.717) is 5.92 Å². The van der Waals surface area contributed by atoms with Crippen LogP contribution in [0.5, 0.6) is 11.5 Å². The number of benzene rings is 1. The smallest absolute Gasteiger partial charge is 0.161 e. The molecule has 0 spiro atoms. The molecule has 0 heterocycles. The Morgan fingerprint density at radius 2 is 1.95 bits per heavy atom. The molecule has 1 aromatic rings. The molecule has 0 radical (unpaired) electrons. The van der Waals surface area contributed by atoms with E-state index in [2.05, 4.69) is 24.1 Å². The molecule has 19 heavy (non-hydrogen) atoms. The fourth-order valence-electron chi connectivity index (χ4n) is 2.73. The van der Waals surface area contributed by atoms with Crippen molar-refractivity contribution >= 4 is 0 Å². The number of fused-ring (bicyclic) bond motifs is 1. The van der Waals surface area contributed by atoms with Crippen LogP contribution in [0.3, 0.4) is 0 Å². The van der Waals surface area contributed by atoms with Crippen molar-refractivity contribution in [1.29, 1.82) is 0 Å². The van der Waals surface area contributed by atoms with Crippen molar-refractivity contribution in [2.75, 3.05) is 40.9 Å². The topological polar surface area (TPSA) is 47.7 Å². The third kappa shape index (κ3) is 3.01. The number of likely N-dealkylation sites (N-methyl/N-ethyl adjacent to an activating group) is 1. The van der Waals surface area contributed by atoms with Gasteiger partial charge in [-0.3, -0.25) is 0 Å². The zero-order valence-electron chi connectivity index (χ0n) is 12.1. The van der Waals surface area contributed by atoms with Crippen molar-refractivity contribution < 1.29 is 9.47 Å². The Morgan fingerprint density at radius 3 is 2.58 bits per heavy atom. The molecule has 0 saturated carbocycles. The summed E-state index contributed by atoms with van der Waals surface area (Å²) in [5.74, 6) is 2.27. The highest BCUT2D eigenvalue weighted by atomic mass is 16.5. The van der Waals surface area contributed by atoms with E-state index >= 15 is 0 Å². The first-order valence-corrected chi connectivity index (χ1v) is 6.83. The number of hydrogen-bond donors (Lipinski definition) is 1. The maximum atomic E-state index is 5.54. The van der Waals surface area contributed by atoms with Gasteiger partial charge >= 0.3 is 0 Å². The summed E-state index contributed by atoms with van der Waals surface area (Å²) < 4.78 is 10.7. The van der Waals surface area contributed by atoms with E-state index in [1.54, 1.807) is 14.2 Å². The van der Waals surface area contributed by atoms with Crippen molar-refractivity contribution in [3.63, 3.8) is 0 Å². The third-order valence-corrected chi connectivity index (χ3v) is 3.83. The zero-order chi connectivity index (χ0) is 13.8. The summed E-state index contributed by atoms with van der Waals surface area (Å²) in [6.45, 7) is 2.91. The molecule has 1 atom stereocenters. The summed E-state index contributed by atoms with van der Waals surface area (Å²) in [5.41, 5.74) is 8.33. The van der Waals surface area contributed by atoms with Crippen LogP contribution in [0.1, 0.15) is 23.5 Å². The molecule has 0 fully saturated rings. The minimum atomic E-state index is 0.609. The summed E-state index contributed by atoms with van der Waals surface area (Å²) >= 11 is 0. The summed E-state index contributed by atoms with van der Waals surface area (Å²) in [5, 5.41) is 0. The number of nitrogens with two attached hydrogens (primary N) is 1. The number of methoxy groups -OCH3 is 2. The molecule has 4 heteroatoms. The average Bonchev–Trinajstić information content (AvgIpc) is 2.41. The Bertz CT molecular complexity index is 434. The van der Waals surface area contributed by atoms with Gasteiger partial charge in [-0.15, -0.1) is 0 Å². The van der Waals surface area contributed by atoms with Crippen LogP contribution >= 0.6 is 0 Å². The molecule has 106 valence electrons. The maximum Gasteiger partial charge on any atom is 0.161 e. The SMILES string of the molecule is COc1cc2c(cc1OC)C(CN(C)CCCN)C2. The van der Waals surface area contributed by atoms with E-state index in [-0.39, 0.29) is 0 Å². The van der Waals surface area contributed by atoms with Crippen LogP contribution in [-0.2, 0) is 6.42 Å². The minimum absolute atomic E-state index is 0.609. The van der Waals surface area contributed by atoms with E-state index in [0.717, 1.165) is 44.0 Å².